The topological polar surface area (TPSA) is 24.3 Å². The highest BCUT2D eigenvalue weighted by Gasteiger charge is 2.17. The van der Waals surface area contributed by atoms with Crippen molar-refractivity contribution in [3.63, 3.8) is 0 Å². The summed E-state index contributed by atoms with van der Waals surface area (Å²) in [6, 6.07) is 15.5. The van der Waals surface area contributed by atoms with Crippen LogP contribution in [0.1, 0.15) is 12.2 Å². The summed E-state index contributed by atoms with van der Waals surface area (Å²) >= 11 is 0. The van der Waals surface area contributed by atoms with Gasteiger partial charge < -0.3 is 9.47 Å². The van der Waals surface area contributed by atoms with Gasteiger partial charge in [0.2, 0.25) is 0 Å². The Morgan fingerprint density at radius 3 is 2.50 bits per heavy atom. The highest BCUT2D eigenvalue weighted by molar-refractivity contribution is 5.76. The van der Waals surface area contributed by atoms with E-state index in [1.807, 2.05) is 13.0 Å². The van der Waals surface area contributed by atoms with Crippen molar-refractivity contribution in [1.82, 2.24) is 14.5 Å². The van der Waals surface area contributed by atoms with Crippen molar-refractivity contribution in [1.29, 1.82) is 0 Å². The molecule has 1 aromatic heterocycles. The molecule has 0 saturated carbocycles. The van der Waals surface area contributed by atoms with E-state index in [2.05, 4.69) is 49.7 Å². The number of hydrogen-bond donors (Lipinski definition) is 0. The van der Waals surface area contributed by atoms with Gasteiger partial charge in [0, 0.05) is 44.5 Å². The Morgan fingerprint density at radius 1 is 0.962 bits per heavy atom. The molecule has 2 aromatic carbocycles. The molecule has 4 nitrogen and oxygen atoms in total. The summed E-state index contributed by atoms with van der Waals surface area (Å²) in [5.41, 5.74) is 3.09. The van der Waals surface area contributed by atoms with Crippen LogP contribution in [0.4, 0.5) is 10.1 Å². The number of halogens is 1. The molecule has 1 aliphatic rings. The molecule has 0 radical (unpaired) electrons. The molecule has 0 bridgehead atoms. The summed E-state index contributed by atoms with van der Waals surface area (Å²) in [7, 11) is 0. The predicted octanol–water partition coefficient (Wildman–Crippen LogP) is 3.70. The van der Waals surface area contributed by atoms with Crippen LogP contribution in [-0.4, -0.2) is 47.2 Å². The van der Waals surface area contributed by atoms with Gasteiger partial charge in [-0.1, -0.05) is 18.2 Å². The maximum Gasteiger partial charge on any atom is 0.125 e. The third-order valence-electron chi connectivity index (χ3n) is 5.25. The lowest BCUT2D eigenvalue weighted by molar-refractivity contribution is 0.250. The molecule has 0 aliphatic carbocycles. The van der Waals surface area contributed by atoms with Crippen molar-refractivity contribution < 1.29 is 4.39 Å². The highest BCUT2D eigenvalue weighted by atomic mass is 19.1. The Labute approximate surface area is 153 Å². The minimum Gasteiger partial charge on any atom is -0.369 e. The van der Waals surface area contributed by atoms with Crippen molar-refractivity contribution in [2.24, 2.45) is 0 Å². The minimum atomic E-state index is -0.224. The molecule has 1 saturated heterocycles. The first kappa shape index (κ1) is 17.0. The van der Waals surface area contributed by atoms with Crippen molar-refractivity contribution in [2.45, 2.75) is 19.9 Å². The third-order valence-corrected chi connectivity index (χ3v) is 5.25. The maximum absolute atomic E-state index is 13.4. The lowest BCUT2D eigenvalue weighted by Gasteiger charge is -2.36. The van der Waals surface area contributed by atoms with Crippen molar-refractivity contribution in [3.8, 4) is 0 Å². The highest BCUT2D eigenvalue weighted by Crippen LogP contribution is 2.18. The number of para-hydroxylation sites is 1. The largest absolute Gasteiger partial charge is 0.369 e. The number of aryl methyl sites for hydroxylation is 2. The van der Waals surface area contributed by atoms with E-state index in [-0.39, 0.29) is 5.82 Å². The van der Waals surface area contributed by atoms with Crippen LogP contribution >= 0.6 is 0 Å². The molecular weight excluding hydrogens is 327 g/mol. The van der Waals surface area contributed by atoms with E-state index < -0.39 is 0 Å². The molecule has 5 heteroatoms. The Morgan fingerprint density at radius 2 is 1.73 bits per heavy atom. The van der Waals surface area contributed by atoms with Gasteiger partial charge >= 0.3 is 0 Å². The van der Waals surface area contributed by atoms with Gasteiger partial charge in [0.15, 0.2) is 0 Å². The number of rotatable bonds is 5. The molecule has 1 aliphatic heterocycles. The fourth-order valence-electron chi connectivity index (χ4n) is 3.83. The molecule has 3 aromatic rings. The summed E-state index contributed by atoms with van der Waals surface area (Å²) in [6.45, 7) is 8.37. The van der Waals surface area contributed by atoms with E-state index >= 15 is 0 Å². The Hall–Kier alpha value is -2.40. The van der Waals surface area contributed by atoms with Crippen LogP contribution in [0.5, 0.6) is 0 Å². The number of aromatic nitrogens is 2. The maximum atomic E-state index is 13.4. The van der Waals surface area contributed by atoms with E-state index in [9.17, 15) is 4.39 Å². The smallest absolute Gasteiger partial charge is 0.125 e. The van der Waals surface area contributed by atoms with Crippen LogP contribution in [0.25, 0.3) is 11.0 Å². The van der Waals surface area contributed by atoms with E-state index in [4.69, 9.17) is 0 Å². The first-order chi connectivity index (χ1) is 12.7. The molecule has 0 N–H and O–H groups in total. The normalized spacial score (nSPS) is 15.7. The second-order valence-electron chi connectivity index (χ2n) is 6.96. The quantitative estimate of drug-likeness (QED) is 0.700. The van der Waals surface area contributed by atoms with Crippen LogP contribution in [0.3, 0.4) is 0 Å². The zero-order valence-electron chi connectivity index (χ0n) is 15.2. The van der Waals surface area contributed by atoms with Crippen molar-refractivity contribution >= 4 is 16.7 Å². The number of fused-ring (bicyclic) bond motifs is 1. The van der Waals surface area contributed by atoms with Gasteiger partial charge in [-0.3, -0.25) is 4.90 Å². The molecule has 136 valence electrons. The third kappa shape index (κ3) is 3.58. The molecule has 2 heterocycles. The van der Waals surface area contributed by atoms with Gasteiger partial charge in [0.1, 0.15) is 11.6 Å². The van der Waals surface area contributed by atoms with Crippen LogP contribution in [-0.2, 0) is 6.54 Å². The number of imidazole rings is 1. The van der Waals surface area contributed by atoms with E-state index in [0.29, 0.717) is 0 Å². The standard InChI is InChI=1S/C21H25FN4/c1-17-23-20-16-18(22)8-9-21(20)26(17)11-5-10-24-12-14-25(15-13-24)19-6-3-2-4-7-19/h2-4,6-9,16H,5,10-15H2,1H3. The molecule has 1 fully saturated rings. The number of nitrogens with zero attached hydrogens (tertiary/aromatic N) is 4. The minimum absolute atomic E-state index is 0.224. The fraction of sp³-hybridized carbons (Fsp3) is 0.381. The summed E-state index contributed by atoms with van der Waals surface area (Å²) in [5.74, 6) is 0.734. The van der Waals surface area contributed by atoms with Crippen LogP contribution < -0.4 is 4.90 Å². The molecule has 4 rings (SSSR count). The average molecular weight is 352 g/mol. The first-order valence-corrected chi connectivity index (χ1v) is 9.35. The molecule has 0 spiro atoms. The number of hydrogen-bond acceptors (Lipinski definition) is 3. The van der Waals surface area contributed by atoms with Crippen molar-refractivity contribution in [3.05, 3.63) is 60.2 Å². The second kappa shape index (κ2) is 7.46. The van der Waals surface area contributed by atoms with Gasteiger partial charge in [-0.15, -0.1) is 0 Å². The average Bonchev–Trinajstić information content (AvgIpc) is 2.97. The summed E-state index contributed by atoms with van der Waals surface area (Å²) < 4.78 is 15.6. The molecule has 0 amide bonds. The van der Waals surface area contributed by atoms with E-state index in [1.54, 1.807) is 0 Å². The lowest BCUT2D eigenvalue weighted by atomic mass is 10.2. The van der Waals surface area contributed by atoms with Gasteiger partial charge in [-0.2, -0.15) is 0 Å². The molecular formula is C21H25FN4. The van der Waals surface area contributed by atoms with Crippen LogP contribution in [0, 0.1) is 12.7 Å². The molecule has 26 heavy (non-hydrogen) atoms. The second-order valence-corrected chi connectivity index (χ2v) is 6.96. The number of anilines is 1. The van der Waals surface area contributed by atoms with Gasteiger partial charge in [0.05, 0.1) is 11.0 Å². The van der Waals surface area contributed by atoms with E-state index in [1.165, 1.54) is 17.8 Å². The predicted molar refractivity (Wildman–Crippen MR) is 104 cm³/mol. The van der Waals surface area contributed by atoms with Gasteiger partial charge in [0.25, 0.3) is 0 Å². The number of piperazine rings is 1. The van der Waals surface area contributed by atoms with Gasteiger partial charge in [-0.25, -0.2) is 9.37 Å². The Balaban J connectivity index is 1.30. The SMILES string of the molecule is Cc1nc2cc(F)ccc2n1CCCN1CCN(c2ccccc2)CC1. The van der Waals surface area contributed by atoms with Crippen molar-refractivity contribution in [2.75, 3.05) is 37.6 Å². The Bertz CT molecular complexity index is 866. The zero-order chi connectivity index (χ0) is 17.9. The summed E-state index contributed by atoms with van der Waals surface area (Å²) in [5, 5.41) is 0. The van der Waals surface area contributed by atoms with E-state index in [0.717, 1.165) is 62.5 Å². The van der Waals surface area contributed by atoms with Crippen LogP contribution in [0.15, 0.2) is 48.5 Å². The lowest BCUT2D eigenvalue weighted by Crippen LogP contribution is -2.46. The molecule has 0 unspecified atom stereocenters. The Kier molecular flexibility index (Phi) is 4.89. The fourth-order valence-corrected chi connectivity index (χ4v) is 3.83. The monoisotopic (exact) mass is 352 g/mol. The summed E-state index contributed by atoms with van der Waals surface area (Å²) in [6.07, 6.45) is 1.08. The van der Waals surface area contributed by atoms with Crippen LogP contribution in [0.2, 0.25) is 0 Å². The number of benzene rings is 2. The summed E-state index contributed by atoms with van der Waals surface area (Å²) in [4.78, 5) is 9.48. The van der Waals surface area contributed by atoms with Gasteiger partial charge in [-0.05, 0) is 44.2 Å². The molecule has 0 atom stereocenters. The first-order valence-electron chi connectivity index (χ1n) is 9.35. The zero-order valence-corrected chi connectivity index (χ0v) is 15.2.